The van der Waals surface area contributed by atoms with Crippen molar-refractivity contribution in [2.75, 3.05) is 14.2 Å². The lowest BCUT2D eigenvalue weighted by Crippen LogP contribution is -2.15. The van der Waals surface area contributed by atoms with Gasteiger partial charge < -0.3 is 19.7 Å². The van der Waals surface area contributed by atoms with Crippen LogP contribution in [0.5, 0.6) is 17.2 Å². The molecule has 0 saturated heterocycles. The summed E-state index contributed by atoms with van der Waals surface area (Å²) in [7, 11) is 3.31. The summed E-state index contributed by atoms with van der Waals surface area (Å²) >= 11 is 0. The molecule has 2 aliphatic carbocycles. The van der Waals surface area contributed by atoms with Gasteiger partial charge in [0.05, 0.1) is 19.8 Å². The summed E-state index contributed by atoms with van der Waals surface area (Å²) in [5.41, 5.74) is 10.1. The first-order chi connectivity index (χ1) is 21.8. The van der Waals surface area contributed by atoms with Crippen LogP contribution >= 0.6 is 0 Å². The van der Waals surface area contributed by atoms with E-state index in [1.54, 1.807) is 14.2 Å². The molecule has 0 heterocycles. The number of rotatable bonds is 4. The molecule has 7 rings (SSSR count). The number of phenols is 1. The smallest absolute Gasteiger partial charge is 0.167 e. The van der Waals surface area contributed by atoms with Crippen molar-refractivity contribution in [3.05, 3.63) is 130 Å². The topological polar surface area (TPSA) is 76.0 Å². The van der Waals surface area contributed by atoms with E-state index < -0.39 is 0 Å². The van der Waals surface area contributed by atoms with E-state index in [0.717, 1.165) is 75.1 Å². The van der Waals surface area contributed by atoms with Crippen LogP contribution in [0, 0.1) is 13.8 Å². The zero-order chi connectivity index (χ0) is 31.7. The first-order valence-electron chi connectivity index (χ1n) is 15.4. The predicted molar refractivity (Wildman–Crippen MR) is 180 cm³/mol. The number of fused-ring (bicyclic) bond motifs is 6. The molecule has 0 radical (unpaired) electrons. The van der Waals surface area contributed by atoms with Crippen LogP contribution in [0.2, 0.25) is 0 Å². The van der Waals surface area contributed by atoms with Crippen LogP contribution in [0.15, 0.2) is 90.7 Å². The highest BCUT2D eigenvalue weighted by atomic mass is 16.5. The molecule has 0 spiro atoms. The number of ether oxygens (including phenoxy) is 2. The van der Waals surface area contributed by atoms with Crippen LogP contribution in [-0.2, 0) is 30.5 Å². The van der Waals surface area contributed by atoms with Gasteiger partial charge in [0.25, 0.3) is 0 Å². The Kier molecular flexibility index (Phi) is 8.36. The number of allylic oxidation sites excluding steroid dienone is 2. The second-order valence-corrected chi connectivity index (χ2v) is 11.8. The van der Waals surface area contributed by atoms with Crippen molar-refractivity contribution in [3.63, 3.8) is 0 Å². The molecule has 0 aliphatic heterocycles. The normalized spacial score (nSPS) is 14.4. The summed E-state index contributed by atoms with van der Waals surface area (Å²) in [4.78, 5) is 12.4. The SMILES string of the molecule is COc1c(C)ccc2c3c(c(O)cc12)-c1ccccc1CC3.COc1c(C)cccc1CC(O)=C1C(=O)CCc2ccccc21. The van der Waals surface area contributed by atoms with E-state index in [2.05, 4.69) is 30.3 Å². The van der Waals surface area contributed by atoms with Crippen molar-refractivity contribution in [1.29, 1.82) is 0 Å². The molecule has 0 saturated carbocycles. The molecule has 0 bridgehead atoms. The first-order valence-corrected chi connectivity index (χ1v) is 15.4. The maximum absolute atomic E-state index is 12.4. The van der Waals surface area contributed by atoms with Crippen LogP contribution in [-0.4, -0.2) is 30.2 Å². The van der Waals surface area contributed by atoms with E-state index in [1.165, 1.54) is 16.5 Å². The molecule has 2 aliphatic rings. The molecule has 0 amide bonds. The molecule has 5 aromatic rings. The molecule has 5 heteroatoms. The Hall–Kier alpha value is -5.03. The number of carbonyl (C=O) groups is 1. The number of aliphatic hydroxyl groups excluding tert-OH is 1. The highest BCUT2D eigenvalue weighted by molar-refractivity contribution is 6.22. The molecule has 0 atom stereocenters. The first kappa shape index (κ1) is 30.0. The zero-order valence-electron chi connectivity index (χ0n) is 26.2. The molecular formula is C40H38O5. The van der Waals surface area contributed by atoms with Crippen LogP contribution in [0.1, 0.15) is 45.4 Å². The lowest BCUT2D eigenvalue weighted by Gasteiger charge is -2.23. The number of carbonyl (C=O) groups excluding carboxylic acids is 1. The van der Waals surface area contributed by atoms with Gasteiger partial charge in [0.1, 0.15) is 23.0 Å². The molecule has 228 valence electrons. The molecule has 5 nitrogen and oxygen atoms in total. The summed E-state index contributed by atoms with van der Waals surface area (Å²) in [6.45, 7) is 4.00. The maximum atomic E-state index is 12.4. The van der Waals surface area contributed by atoms with Crippen LogP contribution in [0.3, 0.4) is 0 Å². The van der Waals surface area contributed by atoms with E-state index >= 15 is 0 Å². The Labute approximate surface area is 264 Å². The van der Waals surface area contributed by atoms with Crippen LogP contribution < -0.4 is 9.47 Å². The Bertz CT molecular complexity index is 1970. The number of Topliss-reactive ketones (excluding diaryl/α,β-unsaturated/α-hetero) is 1. The average molecular weight is 599 g/mol. The van der Waals surface area contributed by atoms with E-state index in [9.17, 15) is 15.0 Å². The third-order valence-electron chi connectivity index (χ3n) is 9.02. The van der Waals surface area contributed by atoms with Crippen molar-refractivity contribution >= 4 is 22.1 Å². The second-order valence-electron chi connectivity index (χ2n) is 11.8. The Morgan fingerprint density at radius 1 is 0.711 bits per heavy atom. The van der Waals surface area contributed by atoms with Crippen molar-refractivity contribution in [1.82, 2.24) is 0 Å². The number of aliphatic hydroxyl groups is 1. The summed E-state index contributed by atoms with van der Waals surface area (Å²) in [6, 6.07) is 28.1. The molecule has 0 aromatic heterocycles. The lowest BCUT2D eigenvalue weighted by molar-refractivity contribution is -0.114. The minimum absolute atomic E-state index is 0.00724. The molecule has 2 N–H and O–H groups in total. The highest BCUT2D eigenvalue weighted by Gasteiger charge is 2.26. The van der Waals surface area contributed by atoms with Gasteiger partial charge in [-0.05, 0) is 83.5 Å². The number of phenolic OH excluding ortho intramolecular Hbond substituents is 1. The Morgan fingerprint density at radius 2 is 1.36 bits per heavy atom. The summed E-state index contributed by atoms with van der Waals surface area (Å²) < 4.78 is 11.0. The number of methoxy groups -OCH3 is 2. The van der Waals surface area contributed by atoms with Crippen LogP contribution in [0.25, 0.3) is 27.5 Å². The van der Waals surface area contributed by atoms with E-state index in [1.807, 2.05) is 68.4 Å². The molecule has 45 heavy (non-hydrogen) atoms. The van der Waals surface area contributed by atoms with Gasteiger partial charge >= 0.3 is 0 Å². The number of hydrogen-bond donors (Lipinski definition) is 2. The number of ketones is 1. The van der Waals surface area contributed by atoms with E-state index in [4.69, 9.17) is 9.47 Å². The summed E-state index contributed by atoms with van der Waals surface area (Å²) in [6.07, 6.45) is 3.43. The van der Waals surface area contributed by atoms with Crippen molar-refractivity contribution in [3.8, 4) is 28.4 Å². The van der Waals surface area contributed by atoms with Gasteiger partial charge in [0, 0.05) is 29.4 Å². The number of hydrogen-bond acceptors (Lipinski definition) is 5. The second kappa shape index (κ2) is 12.5. The van der Waals surface area contributed by atoms with Crippen molar-refractivity contribution < 1.29 is 24.5 Å². The van der Waals surface area contributed by atoms with Gasteiger partial charge in [-0.3, -0.25) is 4.79 Å². The monoisotopic (exact) mass is 598 g/mol. The third kappa shape index (κ3) is 5.55. The summed E-state index contributed by atoms with van der Waals surface area (Å²) in [5, 5.41) is 23.5. The van der Waals surface area contributed by atoms with Gasteiger partial charge in [-0.15, -0.1) is 0 Å². The third-order valence-corrected chi connectivity index (χ3v) is 9.02. The minimum Gasteiger partial charge on any atom is -0.511 e. The Balaban J connectivity index is 0.000000159. The fourth-order valence-corrected chi connectivity index (χ4v) is 6.92. The van der Waals surface area contributed by atoms with Gasteiger partial charge in [-0.2, -0.15) is 0 Å². The lowest BCUT2D eigenvalue weighted by atomic mass is 9.82. The standard InChI is InChI=1S/C20H20O3.C20H18O2/c1-13-6-5-8-15(20(13)23-2)12-18(22)19-16-9-4-3-7-14(16)10-11-17(19)21;1-12-7-9-15-16-10-8-13-5-3-4-6-14(13)19(16)18(21)11-17(15)20(12)22-2/h3-9,22H,10-12H2,1-2H3;3-7,9,11,21H,8,10H2,1-2H3. The zero-order valence-corrected chi connectivity index (χ0v) is 26.2. The summed E-state index contributed by atoms with van der Waals surface area (Å²) in [5.74, 6) is 2.09. The van der Waals surface area contributed by atoms with Gasteiger partial charge in [0.15, 0.2) is 5.78 Å². The largest absolute Gasteiger partial charge is 0.511 e. The fourth-order valence-electron chi connectivity index (χ4n) is 6.92. The minimum atomic E-state index is 0.00724. The average Bonchev–Trinajstić information content (AvgIpc) is 3.04. The number of aryl methyl sites for hydroxylation is 5. The van der Waals surface area contributed by atoms with Crippen molar-refractivity contribution in [2.45, 2.75) is 46.0 Å². The molecule has 5 aromatic carbocycles. The molecule has 0 unspecified atom stereocenters. The van der Waals surface area contributed by atoms with Gasteiger partial charge in [0.2, 0.25) is 0 Å². The number of benzene rings is 5. The predicted octanol–water partition coefficient (Wildman–Crippen LogP) is 8.66. The van der Waals surface area contributed by atoms with Gasteiger partial charge in [-0.25, -0.2) is 0 Å². The highest BCUT2D eigenvalue weighted by Crippen LogP contribution is 2.45. The quantitative estimate of drug-likeness (QED) is 0.160. The number of para-hydroxylation sites is 1. The fraction of sp³-hybridized carbons (Fsp3) is 0.225. The molecular weight excluding hydrogens is 560 g/mol. The van der Waals surface area contributed by atoms with Crippen molar-refractivity contribution in [2.24, 2.45) is 0 Å². The van der Waals surface area contributed by atoms with E-state index in [0.29, 0.717) is 24.2 Å². The molecule has 0 fully saturated rings. The van der Waals surface area contributed by atoms with E-state index in [-0.39, 0.29) is 11.5 Å². The number of aromatic hydroxyl groups is 1. The Morgan fingerprint density at radius 3 is 2.09 bits per heavy atom. The van der Waals surface area contributed by atoms with Crippen LogP contribution in [0.4, 0.5) is 0 Å². The van der Waals surface area contributed by atoms with Gasteiger partial charge in [-0.1, -0.05) is 78.9 Å². The maximum Gasteiger partial charge on any atom is 0.167 e.